The molecule has 2 atom stereocenters. The molecule has 1 N–H and O–H groups in total. The van der Waals surface area contributed by atoms with Gasteiger partial charge in [-0.2, -0.15) is 0 Å². The highest BCUT2D eigenvalue weighted by molar-refractivity contribution is 7.17. The maximum Gasteiger partial charge on any atom is 0.0913 e. The molecule has 0 radical (unpaired) electrons. The van der Waals surface area contributed by atoms with Gasteiger partial charge in [0.05, 0.1) is 5.60 Å². The van der Waals surface area contributed by atoms with Crippen molar-refractivity contribution >= 4 is 21.4 Å². The van der Waals surface area contributed by atoms with E-state index in [-0.39, 0.29) is 0 Å². The summed E-state index contributed by atoms with van der Waals surface area (Å²) in [6.07, 6.45) is 4.23. The fraction of sp³-hybridized carbons (Fsp3) is 0.529. The van der Waals surface area contributed by atoms with Crippen molar-refractivity contribution < 1.29 is 5.11 Å². The van der Waals surface area contributed by atoms with E-state index in [9.17, 15) is 5.11 Å². The second-order valence-corrected chi connectivity index (χ2v) is 7.19. The van der Waals surface area contributed by atoms with Gasteiger partial charge in [-0.1, -0.05) is 32.0 Å². The van der Waals surface area contributed by atoms with Crippen molar-refractivity contribution in [3.63, 3.8) is 0 Å². The summed E-state index contributed by atoms with van der Waals surface area (Å²) in [6.45, 7) is 4.56. The van der Waals surface area contributed by atoms with Gasteiger partial charge in [0.15, 0.2) is 0 Å². The maximum absolute atomic E-state index is 11.2. The molecule has 2 unspecified atom stereocenters. The number of fused-ring (bicyclic) bond motifs is 1. The first-order valence-electron chi connectivity index (χ1n) is 7.29. The molecule has 1 aliphatic carbocycles. The van der Waals surface area contributed by atoms with Crippen molar-refractivity contribution in [3.8, 4) is 0 Å². The summed E-state index contributed by atoms with van der Waals surface area (Å²) in [5, 5.41) is 14.6. The highest BCUT2D eigenvalue weighted by atomic mass is 32.1. The third-order valence-corrected chi connectivity index (χ3v) is 5.65. The third-order valence-electron chi connectivity index (χ3n) is 4.69. The van der Waals surface area contributed by atoms with E-state index in [0.29, 0.717) is 11.8 Å². The lowest BCUT2D eigenvalue weighted by atomic mass is 9.71. The molecule has 0 saturated heterocycles. The molecule has 2 aromatic rings. The molecule has 3 rings (SSSR count). The Morgan fingerprint density at radius 1 is 1.32 bits per heavy atom. The van der Waals surface area contributed by atoms with Crippen LogP contribution in [0.1, 0.15) is 45.1 Å². The fourth-order valence-electron chi connectivity index (χ4n) is 3.47. The normalized spacial score (nSPS) is 28.1. The molecule has 2 heteroatoms. The van der Waals surface area contributed by atoms with Gasteiger partial charge in [-0.3, -0.25) is 0 Å². The minimum atomic E-state index is -0.614. The van der Waals surface area contributed by atoms with Gasteiger partial charge in [0.25, 0.3) is 0 Å². The van der Waals surface area contributed by atoms with Crippen LogP contribution in [0.4, 0.5) is 0 Å². The number of benzene rings is 1. The van der Waals surface area contributed by atoms with Crippen molar-refractivity contribution in [2.45, 2.75) is 45.1 Å². The summed E-state index contributed by atoms with van der Waals surface area (Å²) < 4.78 is 1.27. The van der Waals surface area contributed by atoms with Gasteiger partial charge in [0.2, 0.25) is 0 Å². The number of hydrogen-bond acceptors (Lipinski definition) is 2. The zero-order valence-electron chi connectivity index (χ0n) is 11.7. The fourth-order valence-corrected chi connectivity index (χ4v) is 4.48. The third kappa shape index (κ3) is 2.32. The van der Waals surface area contributed by atoms with E-state index in [1.54, 1.807) is 11.3 Å². The van der Waals surface area contributed by atoms with Gasteiger partial charge in [0, 0.05) is 10.3 Å². The van der Waals surface area contributed by atoms with Crippen LogP contribution in [0.2, 0.25) is 0 Å². The molecular weight excluding hydrogens is 252 g/mol. The van der Waals surface area contributed by atoms with Gasteiger partial charge < -0.3 is 5.11 Å². The minimum Gasteiger partial charge on any atom is -0.385 e. The Morgan fingerprint density at radius 3 is 2.95 bits per heavy atom. The van der Waals surface area contributed by atoms with E-state index in [4.69, 9.17) is 0 Å². The summed E-state index contributed by atoms with van der Waals surface area (Å²) in [5.74, 6) is 1.31. The van der Waals surface area contributed by atoms with Crippen LogP contribution >= 0.6 is 11.3 Å². The van der Waals surface area contributed by atoms with E-state index in [0.717, 1.165) is 24.8 Å². The second-order valence-electron chi connectivity index (χ2n) is 6.28. The maximum atomic E-state index is 11.2. The van der Waals surface area contributed by atoms with E-state index in [2.05, 4.69) is 43.5 Å². The molecule has 0 aliphatic heterocycles. The van der Waals surface area contributed by atoms with Crippen LogP contribution < -0.4 is 0 Å². The predicted molar refractivity (Wildman–Crippen MR) is 82.5 cm³/mol. The summed E-state index contributed by atoms with van der Waals surface area (Å²) in [7, 11) is 0. The Labute approximate surface area is 119 Å². The Bertz CT molecular complexity index is 571. The number of hydrogen-bond donors (Lipinski definition) is 1. The molecule has 1 aliphatic rings. The van der Waals surface area contributed by atoms with E-state index in [1.807, 2.05) is 0 Å². The molecule has 1 aromatic carbocycles. The van der Waals surface area contributed by atoms with Crippen LogP contribution in [0.5, 0.6) is 0 Å². The zero-order chi connectivity index (χ0) is 13.5. The molecule has 1 aromatic heterocycles. The van der Waals surface area contributed by atoms with Crippen molar-refractivity contribution in [1.82, 2.24) is 0 Å². The molecule has 0 bridgehead atoms. The van der Waals surface area contributed by atoms with Crippen LogP contribution in [0.25, 0.3) is 10.1 Å². The largest absolute Gasteiger partial charge is 0.385 e. The average molecular weight is 274 g/mol. The summed E-state index contributed by atoms with van der Waals surface area (Å²) >= 11 is 1.76. The van der Waals surface area contributed by atoms with Crippen LogP contribution in [0.3, 0.4) is 0 Å². The van der Waals surface area contributed by atoms with Gasteiger partial charge >= 0.3 is 0 Å². The van der Waals surface area contributed by atoms with Crippen LogP contribution in [-0.2, 0) is 5.60 Å². The summed E-state index contributed by atoms with van der Waals surface area (Å²) in [4.78, 5) is 0. The number of thiophene rings is 1. The molecule has 102 valence electrons. The molecular formula is C17H22OS. The van der Waals surface area contributed by atoms with Gasteiger partial charge in [-0.05, 0) is 54.4 Å². The van der Waals surface area contributed by atoms with Gasteiger partial charge in [-0.25, -0.2) is 0 Å². The molecule has 19 heavy (non-hydrogen) atoms. The molecule has 1 saturated carbocycles. The number of rotatable bonds is 2. The molecule has 0 amide bonds. The molecule has 1 nitrogen and oxygen atoms in total. The monoisotopic (exact) mass is 274 g/mol. The molecule has 0 spiro atoms. The first-order chi connectivity index (χ1) is 9.10. The van der Waals surface area contributed by atoms with E-state index < -0.39 is 5.60 Å². The Kier molecular flexibility index (Phi) is 3.40. The lowest BCUT2D eigenvalue weighted by molar-refractivity contribution is -0.0281. The smallest absolute Gasteiger partial charge is 0.0913 e. The predicted octanol–water partition coefficient (Wildman–Crippen LogP) is 4.94. The summed E-state index contributed by atoms with van der Waals surface area (Å²) in [5.41, 5.74) is 0.544. The van der Waals surface area contributed by atoms with E-state index >= 15 is 0 Å². The summed E-state index contributed by atoms with van der Waals surface area (Å²) in [6, 6.07) is 8.50. The second kappa shape index (κ2) is 4.92. The Hall–Kier alpha value is -0.860. The van der Waals surface area contributed by atoms with Crippen LogP contribution in [0, 0.1) is 11.8 Å². The van der Waals surface area contributed by atoms with Crippen molar-refractivity contribution in [3.05, 3.63) is 35.2 Å². The molecule has 1 fully saturated rings. The topological polar surface area (TPSA) is 20.2 Å². The number of aliphatic hydroxyl groups is 1. The highest BCUT2D eigenvalue weighted by Crippen LogP contribution is 2.45. The van der Waals surface area contributed by atoms with Crippen molar-refractivity contribution in [1.29, 1.82) is 0 Å². The first-order valence-corrected chi connectivity index (χ1v) is 8.17. The Balaban J connectivity index is 2.01. The van der Waals surface area contributed by atoms with E-state index in [1.165, 1.54) is 16.5 Å². The first kappa shape index (κ1) is 13.1. The quantitative estimate of drug-likeness (QED) is 0.822. The standard InChI is InChI=1S/C17H22OS/c1-12(2)14-6-4-9-17(18,11-14)15-7-3-5-13-8-10-19-16(13)15/h3,5,7-8,10,12,14,18H,4,6,9,11H2,1-2H3. The van der Waals surface area contributed by atoms with Crippen LogP contribution in [-0.4, -0.2) is 5.11 Å². The minimum absolute atomic E-state index is 0.614. The van der Waals surface area contributed by atoms with Crippen molar-refractivity contribution in [2.75, 3.05) is 0 Å². The van der Waals surface area contributed by atoms with Crippen molar-refractivity contribution in [2.24, 2.45) is 11.8 Å². The zero-order valence-corrected chi connectivity index (χ0v) is 12.5. The Morgan fingerprint density at radius 2 is 2.16 bits per heavy atom. The average Bonchev–Trinajstić information content (AvgIpc) is 2.86. The van der Waals surface area contributed by atoms with Crippen LogP contribution in [0.15, 0.2) is 29.6 Å². The molecule has 1 heterocycles. The lowest BCUT2D eigenvalue weighted by Gasteiger charge is -2.39. The SMILES string of the molecule is CC(C)C1CCCC(O)(c2cccc3ccsc23)C1. The lowest BCUT2D eigenvalue weighted by Crippen LogP contribution is -2.34. The van der Waals surface area contributed by atoms with Gasteiger partial charge in [0.1, 0.15) is 0 Å². The van der Waals surface area contributed by atoms with Gasteiger partial charge in [-0.15, -0.1) is 11.3 Å². The highest BCUT2D eigenvalue weighted by Gasteiger charge is 2.37.